The third kappa shape index (κ3) is 2.65. The van der Waals surface area contributed by atoms with Crippen molar-refractivity contribution in [1.29, 1.82) is 0 Å². The Kier molecular flexibility index (Phi) is 4.22. The maximum absolute atomic E-state index is 5.73. The van der Waals surface area contributed by atoms with Crippen molar-refractivity contribution in [1.82, 2.24) is 4.98 Å². The van der Waals surface area contributed by atoms with E-state index in [2.05, 4.69) is 37.2 Å². The molecule has 0 radical (unpaired) electrons. The van der Waals surface area contributed by atoms with Crippen molar-refractivity contribution in [2.45, 2.75) is 34.2 Å². The normalized spacial score (nSPS) is 10.8. The third-order valence-corrected chi connectivity index (χ3v) is 4.19. The molecule has 2 N–H and O–H groups in total. The monoisotopic (exact) mass is 276 g/mol. The Morgan fingerprint density at radius 1 is 1.26 bits per heavy atom. The lowest BCUT2D eigenvalue weighted by atomic mass is 9.97. The summed E-state index contributed by atoms with van der Waals surface area (Å²) in [6, 6.07) is 2.16. The number of benzene rings is 1. The molecule has 0 bridgehead atoms. The SMILES string of the molecule is CCOc1c(C)cc(-c2csc(CN)n2)c(C)c1C. The van der Waals surface area contributed by atoms with Gasteiger partial charge in [-0.15, -0.1) is 11.3 Å². The maximum Gasteiger partial charge on any atom is 0.125 e. The van der Waals surface area contributed by atoms with Crippen molar-refractivity contribution in [3.05, 3.63) is 33.1 Å². The largest absolute Gasteiger partial charge is 0.493 e. The number of nitrogens with zero attached hydrogens (tertiary/aromatic N) is 1. The summed E-state index contributed by atoms with van der Waals surface area (Å²) in [4.78, 5) is 4.57. The first kappa shape index (κ1) is 14.0. The number of rotatable bonds is 4. The molecule has 0 fully saturated rings. The van der Waals surface area contributed by atoms with E-state index < -0.39 is 0 Å². The molecule has 0 aliphatic carbocycles. The lowest BCUT2D eigenvalue weighted by molar-refractivity contribution is 0.335. The molecule has 1 aromatic heterocycles. The Balaban J connectivity index is 2.53. The van der Waals surface area contributed by atoms with Crippen LogP contribution >= 0.6 is 11.3 Å². The molecular formula is C15H20N2OS. The predicted octanol–water partition coefficient (Wildman–Crippen LogP) is 3.59. The van der Waals surface area contributed by atoms with Crippen LogP contribution in [0.25, 0.3) is 11.3 Å². The minimum absolute atomic E-state index is 0.499. The molecule has 2 aromatic rings. The van der Waals surface area contributed by atoms with Crippen LogP contribution in [0.4, 0.5) is 0 Å². The van der Waals surface area contributed by atoms with Crippen LogP contribution in [0, 0.1) is 20.8 Å². The molecule has 102 valence electrons. The van der Waals surface area contributed by atoms with Gasteiger partial charge in [-0.05, 0) is 50.5 Å². The van der Waals surface area contributed by atoms with E-state index in [0.717, 1.165) is 22.0 Å². The van der Waals surface area contributed by atoms with E-state index in [1.54, 1.807) is 11.3 Å². The summed E-state index contributed by atoms with van der Waals surface area (Å²) in [6.07, 6.45) is 0. The van der Waals surface area contributed by atoms with Gasteiger partial charge in [-0.25, -0.2) is 4.98 Å². The van der Waals surface area contributed by atoms with Crippen molar-refractivity contribution < 1.29 is 4.74 Å². The fraction of sp³-hybridized carbons (Fsp3) is 0.400. The fourth-order valence-corrected chi connectivity index (χ4v) is 2.89. The molecule has 19 heavy (non-hydrogen) atoms. The number of thiazole rings is 1. The molecule has 3 nitrogen and oxygen atoms in total. The van der Waals surface area contributed by atoms with E-state index in [9.17, 15) is 0 Å². The quantitative estimate of drug-likeness (QED) is 0.928. The average Bonchev–Trinajstić information content (AvgIpc) is 2.87. The Labute approximate surface area is 118 Å². The summed E-state index contributed by atoms with van der Waals surface area (Å²) in [7, 11) is 0. The number of aromatic nitrogens is 1. The van der Waals surface area contributed by atoms with Crippen molar-refractivity contribution in [2.24, 2.45) is 5.73 Å². The van der Waals surface area contributed by atoms with Gasteiger partial charge in [-0.1, -0.05) is 0 Å². The number of nitrogens with two attached hydrogens (primary N) is 1. The van der Waals surface area contributed by atoms with Gasteiger partial charge >= 0.3 is 0 Å². The molecule has 1 aromatic carbocycles. The summed E-state index contributed by atoms with van der Waals surface area (Å²) in [5, 5.41) is 3.04. The smallest absolute Gasteiger partial charge is 0.125 e. The highest BCUT2D eigenvalue weighted by Gasteiger charge is 2.14. The highest BCUT2D eigenvalue weighted by Crippen LogP contribution is 2.34. The Bertz CT molecular complexity index is 590. The lowest BCUT2D eigenvalue weighted by Gasteiger charge is -2.15. The van der Waals surface area contributed by atoms with Gasteiger partial charge in [0.05, 0.1) is 12.3 Å². The molecule has 2 rings (SSSR count). The molecule has 0 aliphatic rings. The van der Waals surface area contributed by atoms with Crippen molar-refractivity contribution in [3.63, 3.8) is 0 Å². The van der Waals surface area contributed by atoms with Gasteiger partial charge in [0.1, 0.15) is 10.8 Å². The van der Waals surface area contributed by atoms with Gasteiger partial charge < -0.3 is 10.5 Å². The van der Waals surface area contributed by atoms with Crippen LogP contribution in [-0.2, 0) is 6.54 Å². The minimum atomic E-state index is 0.499. The summed E-state index contributed by atoms with van der Waals surface area (Å²) < 4.78 is 5.73. The van der Waals surface area contributed by atoms with Gasteiger partial charge in [0.15, 0.2) is 0 Å². The molecule has 0 spiro atoms. The first-order chi connectivity index (χ1) is 9.08. The minimum Gasteiger partial charge on any atom is -0.493 e. The van der Waals surface area contributed by atoms with Gasteiger partial charge in [-0.2, -0.15) is 0 Å². The van der Waals surface area contributed by atoms with Crippen molar-refractivity contribution in [2.75, 3.05) is 6.61 Å². The first-order valence-corrected chi connectivity index (χ1v) is 7.34. The van der Waals surface area contributed by atoms with E-state index in [1.165, 1.54) is 16.7 Å². The van der Waals surface area contributed by atoms with E-state index >= 15 is 0 Å². The maximum atomic E-state index is 5.73. The number of aryl methyl sites for hydroxylation is 1. The molecule has 0 aliphatic heterocycles. The van der Waals surface area contributed by atoms with Crippen LogP contribution in [-0.4, -0.2) is 11.6 Å². The zero-order valence-corrected chi connectivity index (χ0v) is 12.7. The van der Waals surface area contributed by atoms with Crippen LogP contribution in [0.15, 0.2) is 11.4 Å². The van der Waals surface area contributed by atoms with Crippen LogP contribution < -0.4 is 10.5 Å². The van der Waals surface area contributed by atoms with Crippen LogP contribution in [0.1, 0.15) is 28.6 Å². The topological polar surface area (TPSA) is 48.1 Å². The highest BCUT2D eigenvalue weighted by molar-refractivity contribution is 7.09. The standard InChI is InChI=1S/C15H20N2OS/c1-5-18-15-9(2)6-12(10(3)11(15)4)13-8-19-14(7-16)17-13/h6,8H,5,7,16H2,1-4H3. The summed E-state index contributed by atoms with van der Waals surface area (Å²) in [5.74, 6) is 0.998. The summed E-state index contributed by atoms with van der Waals surface area (Å²) >= 11 is 1.61. The molecule has 4 heteroatoms. The van der Waals surface area contributed by atoms with Crippen LogP contribution in [0.3, 0.4) is 0 Å². The Morgan fingerprint density at radius 3 is 2.58 bits per heavy atom. The van der Waals surface area contributed by atoms with E-state index in [0.29, 0.717) is 13.2 Å². The third-order valence-electron chi connectivity index (χ3n) is 3.32. The second kappa shape index (κ2) is 5.72. The number of hydrogen-bond acceptors (Lipinski definition) is 4. The molecular weight excluding hydrogens is 256 g/mol. The molecule has 0 amide bonds. The first-order valence-electron chi connectivity index (χ1n) is 6.46. The van der Waals surface area contributed by atoms with Crippen LogP contribution in [0.5, 0.6) is 5.75 Å². The average molecular weight is 276 g/mol. The van der Waals surface area contributed by atoms with Crippen molar-refractivity contribution in [3.8, 4) is 17.0 Å². The predicted molar refractivity (Wildman–Crippen MR) is 80.8 cm³/mol. The van der Waals surface area contributed by atoms with Gasteiger partial charge in [0.2, 0.25) is 0 Å². The van der Waals surface area contributed by atoms with E-state index in [4.69, 9.17) is 10.5 Å². The number of hydrogen-bond donors (Lipinski definition) is 1. The molecule has 1 heterocycles. The van der Waals surface area contributed by atoms with Gasteiger partial charge in [0.25, 0.3) is 0 Å². The van der Waals surface area contributed by atoms with Gasteiger partial charge in [0, 0.05) is 17.5 Å². The van der Waals surface area contributed by atoms with E-state index in [-0.39, 0.29) is 0 Å². The van der Waals surface area contributed by atoms with E-state index in [1.807, 2.05) is 6.92 Å². The Morgan fingerprint density at radius 2 is 2.00 bits per heavy atom. The molecule has 0 unspecified atom stereocenters. The Hall–Kier alpha value is -1.39. The number of ether oxygens (including phenoxy) is 1. The van der Waals surface area contributed by atoms with Crippen LogP contribution in [0.2, 0.25) is 0 Å². The van der Waals surface area contributed by atoms with Crippen molar-refractivity contribution >= 4 is 11.3 Å². The van der Waals surface area contributed by atoms with Gasteiger partial charge in [-0.3, -0.25) is 0 Å². The second-order valence-corrected chi connectivity index (χ2v) is 5.53. The fourth-order valence-electron chi connectivity index (χ4n) is 2.22. The second-order valence-electron chi connectivity index (χ2n) is 4.58. The highest BCUT2D eigenvalue weighted by atomic mass is 32.1. The summed E-state index contributed by atoms with van der Waals surface area (Å²) in [5.41, 5.74) is 11.4. The zero-order valence-electron chi connectivity index (χ0n) is 11.9. The lowest BCUT2D eigenvalue weighted by Crippen LogP contribution is -2.00. The zero-order chi connectivity index (χ0) is 14.0. The summed E-state index contributed by atoms with van der Waals surface area (Å²) in [6.45, 7) is 9.50. The molecule has 0 atom stereocenters. The molecule has 0 saturated heterocycles. The molecule has 0 saturated carbocycles.